The SMILES string of the molecule is CNCCCSCc1ccccc1Cl. The molecule has 1 rings (SSSR count). The summed E-state index contributed by atoms with van der Waals surface area (Å²) in [5, 5.41) is 4.02. The molecule has 0 amide bonds. The number of nitrogens with one attached hydrogen (secondary N) is 1. The quantitative estimate of drug-likeness (QED) is 0.752. The van der Waals surface area contributed by atoms with Crippen LogP contribution in [0.2, 0.25) is 5.02 Å². The maximum absolute atomic E-state index is 6.04. The topological polar surface area (TPSA) is 12.0 Å². The van der Waals surface area contributed by atoms with Crippen LogP contribution in [0, 0.1) is 0 Å². The largest absolute Gasteiger partial charge is 0.320 e. The van der Waals surface area contributed by atoms with Gasteiger partial charge in [-0.1, -0.05) is 29.8 Å². The van der Waals surface area contributed by atoms with Crippen LogP contribution in [0.3, 0.4) is 0 Å². The molecule has 14 heavy (non-hydrogen) atoms. The zero-order chi connectivity index (χ0) is 10.2. The number of benzene rings is 1. The van der Waals surface area contributed by atoms with Crippen LogP contribution in [0.25, 0.3) is 0 Å². The van der Waals surface area contributed by atoms with Crippen LogP contribution in [0.1, 0.15) is 12.0 Å². The molecule has 0 aliphatic heterocycles. The highest BCUT2D eigenvalue weighted by Crippen LogP contribution is 2.20. The Balaban J connectivity index is 2.21. The van der Waals surface area contributed by atoms with Gasteiger partial charge in [-0.3, -0.25) is 0 Å². The molecule has 0 bridgehead atoms. The van der Waals surface area contributed by atoms with E-state index in [2.05, 4.69) is 11.4 Å². The number of hydrogen-bond donors (Lipinski definition) is 1. The lowest BCUT2D eigenvalue weighted by atomic mass is 10.2. The van der Waals surface area contributed by atoms with Crippen LogP contribution in [-0.2, 0) is 5.75 Å². The zero-order valence-corrected chi connectivity index (χ0v) is 10.00. The molecule has 3 heteroatoms. The van der Waals surface area contributed by atoms with E-state index >= 15 is 0 Å². The Morgan fingerprint density at radius 1 is 1.36 bits per heavy atom. The van der Waals surface area contributed by atoms with E-state index in [9.17, 15) is 0 Å². The Bertz CT molecular complexity index is 265. The van der Waals surface area contributed by atoms with Crippen molar-refractivity contribution in [2.75, 3.05) is 19.3 Å². The van der Waals surface area contributed by atoms with Gasteiger partial charge in [-0.15, -0.1) is 0 Å². The van der Waals surface area contributed by atoms with Gasteiger partial charge >= 0.3 is 0 Å². The van der Waals surface area contributed by atoms with E-state index in [1.165, 1.54) is 17.7 Å². The molecule has 0 aromatic heterocycles. The second-order valence-electron chi connectivity index (χ2n) is 3.10. The number of hydrogen-bond acceptors (Lipinski definition) is 2. The Morgan fingerprint density at radius 2 is 2.14 bits per heavy atom. The monoisotopic (exact) mass is 229 g/mol. The summed E-state index contributed by atoms with van der Waals surface area (Å²) in [6, 6.07) is 8.05. The molecule has 0 spiro atoms. The van der Waals surface area contributed by atoms with E-state index in [1.54, 1.807) is 0 Å². The summed E-state index contributed by atoms with van der Waals surface area (Å²) in [4.78, 5) is 0. The fourth-order valence-corrected chi connectivity index (χ4v) is 2.39. The molecule has 1 N–H and O–H groups in total. The summed E-state index contributed by atoms with van der Waals surface area (Å²) in [7, 11) is 1.98. The van der Waals surface area contributed by atoms with Crippen molar-refractivity contribution in [3.05, 3.63) is 34.9 Å². The Hall–Kier alpha value is -0.180. The highest BCUT2D eigenvalue weighted by atomic mass is 35.5. The van der Waals surface area contributed by atoms with Gasteiger partial charge in [0.15, 0.2) is 0 Å². The van der Waals surface area contributed by atoms with Gasteiger partial charge in [0.25, 0.3) is 0 Å². The first-order valence-corrected chi connectivity index (χ1v) is 6.33. The maximum atomic E-state index is 6.04. The van der Waals surface area contributed by atoms with Crippen LogP contribution in [0.5, 0.6) is 0 Å². The predicted molar refractivity (Wildman–Crippen MR) is 66.2 cm³/mol. The van der Waals surface area contributed by atoms with Gasteiger partial charge < -0.3 is 5.32 Å². The number of halogens is 1. The second-order valence-corrected chi connectivity index (χ2v) is 4.61. The molecule has 1 nitrogen and oxygen atoms in total. The molecule has 1 aromatic carbocycles. The van der Waals surface area contributed by atoms with Gasteiger partial charge in [0.05, 0.1) is 0 Å². The summed E-state index contributed by atoms with van der Waals surface area (Å²) in [5.74, 6) is 2.20. The number of rotatable bonds is 6. The van der Waals surface area contributed by atoms with Crippen LogP contribution in [0.4, 0.5) is 0 Å². The molecule has 0 radical (unpaired) electrons. The molecular weight excluding hydrogens is 214 g/mol. The number of thioether (sulfide) groups is 1. The molecule has 0 heterocycles. The minimum atomic E-state index is 0.883. The molecule has 0 saturated heterocycles. The van der Waals surface area contributed by atoms with Crippen LogP contribution >= 0.6 is 23.4 Å². The lowest BCUT2D eigenvalue weighted by Crippen LogP contribution is -2.08. The molecule has 1 aromatic rings. The average molecular weight is 230 g/mol. The van der Waals surface area contributed by atoms with E-state index in [4.69, 9.17) is 11.6 Å². The Morgan fingerprint density at radius 3 is 2.86 bits per heavy atom. The van der Waals surface area contributed by atoms with Crippen molar-refractivity contribution in [1.82, 2.24) is 5.32 Å². The third-order valence-corrected chi connectivity index (χ3v) is 3.39. The minimum absolute atomic E-state index is 0.883. The third kappa shape index (κ3) is 4.36. The molecule has 0 aliphatic carbocycles. The molecule has 0 saturated carbocycles. The van der Waals surface area contributed by atoms with Crippen LogP contribution in [-0.4, -0.2) is 19.3 Å². The third-order valence-electron chi connectivity index (χ3n) is 1.93. The Kier molecular flexibility index (Phi) is 6.08. The summed E-state index contributed by atoms with van der Waals surface area (Å²) in [6.07, 6.45) is 1.21. The van der Waals surface area contributed by atoms with Crippen molar-refractivity contribution in [2.45, 2.75) is 12.2 Å². The summed E-state index contributed by atoms with van der Waals surface area (Å²) >= 11 is 7.97. The zero-order valence-electron chi connectivity index (χ0n) is 8.42. The molecule has 0 unspecified atom stereocenters. The lowest BCUT2D eigenvalue weighted by Gasteiger charge is -2.03. The highest BCUT2D eigenvalue weighted by molar-refractivity contribution is 7.98. The van der Waals surface area contributed by atoms with Gasteiger partial charge in [0, 0.05) is 10.8 Å². The molecule has 0 atom stereocenters. The highest BCUT2D eigenvalue weighted by Gasteiger charge is 1.98. The smallest absolute Gasteiger partial charge is 0.0446 e. The van der Waals surface area contributed by atoms with Gasteiger partial charge in [0.1, 0.15) is 0 Å². The standard InChI is InChI=1S/C11H16ClNS/c1-13-7-4-8-14-9-10-5-2-3-6-11(10)12/h2-3,5-6,13H,4,7-9H2,1H3. The minimum Gasteiger partial charge on any atom is -0.320 e. The molecule has 78 valence electrons. The van der Waals surface area contributed by atoms with Crippen LogP contribution < -0.4 is 5.32 Å². The van der Waals surface area contributed by atoms with Crippen molar-refractivity contribution in [3.63, 3.8) is 0 Å². The van der Waals surface area contributed by atoms with E-state index in [0.717, 1.165) is 17.3 Å². The summed E-state index contributed by atoms with van der Waals surface area (Å²) in [5.41, 5.74) is 1.24. The fraction of sp³-hybridized carbons (Fsp3) is 0.455. The van der Waals surface area contributed by atoms with E-state index in [0.29, 0.717) is 0 Å². The summed E-state index contributed by atoms with van der Waals surface area (Å²) < 4.78 is 0. The average Bonchev–Trinajstić information content (AvgIpc) is 2.20. The van der Waals surface area contributed by atoms with Crippen molar-refractivity contribution >= 4 is 23.4 Å². The normalized spacial score (nSPS) is 10.4. The first kappa shape index (κ1) is 11.9. The van der Waals surface area contributed by atoms with Crippen molar-refractivity contribution < 1.29 is 0 Å². The first-order chi connectivity index (χ1) is 6.84. The molecule has 0 aliphatic rings. The fourth-order valence-electron chi connectivity index (χ4n) is 1.15. The van der Waals surface area contributed by atoms with Gasteiger partial charge in [0.2, 0.25) is 0 Å². The molecule has 0 fully saturated rings. The lowest BCUT2D eigenvalue weighted by molar-refractivity contribution is 0.778. The van der Waals surface area contributed by atoms with Crippen LogP contribution in [0.15, 0.2) is 24.3 Å². The van der Waals surface area contributed by atoms with Gasteiger partial charge in [-0.05, 0) is 37.4 Å². The van der Waals surface area contributed by atoms with Gasteiger partial charge in [-0.25, -0.2) is 0 Å². The Labute approximate surface area is 95.2 Å². The predicted octanol–water partition coefficient (Wildman–Crippen LogP) is 3.18. The second kappa shape index (κ2) is 7.16. The molecular formula is C11H16ClNS. The van der Waals surface area contributed by atoms with Crippen molar-refractivity contribution in [3.8, 4) is 0 Å². The van der Waals surface area contributed by atoms with E-state index < -0.39 is 0 Å². The first-order valence-electron chi connectivity index (χ1n) is 4.80. The van der Waals surface area contributed by atoms with E-state index in [1.807, 2.05) is 37.0 Å². The van der Waals surface area contributed by atoms with Crippen molar-refractivity contribution in [2.24, 2.45) is 0 Å². The van der Waals surface area contributed by atoms with Crippen molar-refractivity contribution in [1.29, 1.82) is 0 Å². The maximum Gasteiger partial charge on any atom is 0.0446 e. The summed E-state index contributed by atoms with van der Waals surface area (Å²) in [6.45, 7) is 1.09. The van der Waals surface area contributed by atoms with E-state index in [-0.39, 0.29) is 0 Å². The van der Waals surface area contributed by atoms with Gasteiger partial charge in [-0.2, -0.15) is 11.8 Å².